The van der Waals surface area contributed by atoms with Gasteiger partial charge >= 0.3 is 0 Å². The highest BCUT2D eigenvalue weighted by molar-refractivity contribution is 8.22. The summed E-state index contributed by atoms with van der Waals surface area (Å²) in [7, 11) is 0. The molecule has 154 valence electrons. The number of amides is 2. The molecule has 2 heterocycles. The molecule has 2 aromatic carbocycles. The number of rotatable bonds is 6. The van der Waals surface area contributed by atoms with Gasteiger partial charge in [0.2, 0.25) is 0 Å². The van der Waals surface area contributed by atoms with Crippen LogP contribution in [0.4, 0.5) is 0 Å². The van der Waals surface area contributed by atoms with Crippen LogP contribution >= 0.6 is 24.0 Å². The lowest BCUT2D eigenvalue weighted by molar-refractivity contribution is 0.0607. The Kier molecular flexibility index (Phi) is 5.87. The second kappa shape index (κ2) is 8.57. The lowest BCUT2D eigenvalue weighted by atomic mass is 10.1. The van der Waals surface area contributed by atoms with Crippen molar-refractivity contribution in [3.63, 3.8) is 0 Å². The number of thioether (sulfide) groups is 1. The Morgan fingerprint density at radius 2 is 1.60 bits per heavy atom. The van der Waals surface area contributed by atoms with Crippen molar-refractivity contribution in [3.8, 4) is 0 Å². The van der Waals surface area contributed by atoms with Crippen molar-refractivity contribution >= 4 is 51.1 Å². The normalized spacial score (nSPS) is 13.2. The molecule has 0 saturated heterocycles. The molecule has 0 atom stereocenters. The monoisotopic (exact) mass is 438 g/mol. The van der Waals surface area contributed by atoms with Gasteiger partial charge < -0.3 is 9.47 Å². The maximum atomic E-state index is 12.9. The maximum Gasteiger partial charge on any atom is 0.263 e. The number of imidazole rings is 1. The lowest BCUT2D eigenvalue weighted by Crippen LogP contribution is -2.32. The zero-order valence-electron chi connectivity index (χ0n) is 16.9. The number of aromatic nitrogens is 2. The first-order valence-corrected chi connectivity index (χ1v) is 11.3. The summed E-state index contributed by atoms with van der Waals surface area (Å²) in [5, 5.41) is 0. The highest BCUT2D eigenvalue weighted by Gasteiger charge is 2.35. The Hall–Kier alpha value is -2.71. The Balaban J connectivity index is 1.64. The van der Waals surface area contributed by atoms with Gasteiger partial charge in [0, 0.05) is 13.1 Å². The highest BCUT2D eigenvalue weighted by atomic mass is 32.2. The maximum absolute atomic E-state index is 12.9. The molecule has 6 nitrogen and oxygen atoms in total. The predicted molar refractivity (Wildman–Crippen MR) is 123 cm³/mol. The van der Waals surface area contributed by atoms with E-state index in [1.165, 1.54) is 4.90 Å². The number of thiocarbonyl (C=S) groups is 1. The van der Waals surface area contributed by atoms with E-state index >= 15 is 0 Å². The molecule has 0 saturated carbocycles. The van der Waals surface area contributed by atoms with Gasteiger partial charge in [-0.1, -0.05) is 48.2 Å². The molecule has 4 rings (SSSR count). The van der Waals surface area contributed by atoms with Gasteiger partial charge in [-0.25, -0.2) is 4.98 Å². The molecule has 0 spiro atoms. The number of hydrogen-bond acceptors (Lipinski definition) is 5. The highest BCUT2D eigenvalue weighted by Crippen LogP contribution is 2.26. The van der Waals surface area contributed by atoms with Crippen LogP contribution in [-0.4, -0.2) is 48.6 Å². The van der Waals surface area contributed by atoms with Gasteiger partial charge in [0.25, 0.3) is 11.8 Å². The standard InChI is InChI=1S/C22H22N4O2S2/c1-3-24(4-2)22(29)30-13-19-23-17-11-7-8-12-18(17)25(19)14-26-20(27)15-9-5-6-10-16(15)21(26)28/h5-12H,3-4,13-14H2,1-2H3. The van der Waals surface area contributed by atoms with Crippen molar-refractivity contribution in [3.05, 3.63) is 65.5 Å². The molecule has 0 radical (unpaired) electrons. The number of imide groups is 1. The zero-order chi connectivity index (χ0) is 21.3. The molecule has 1 aromatic heterocycles. The minimum Gasteiger partial charge on any atom is -0.358 e. The van der Waals surface area contributed by atoms with Crippen LogP contribution in [0, 0.1) is 0 Å². The van der Waals surface area contributed by atoms with Crippen LogP contribution < -0.4 is 0 Å². The van der Waals surface area contributed by atoms with E-state index in [2.05, 4.69) is 18.7 Å². The Morgan fingerprint density at radius 3 is 2.23 bits per heavy atom. The second-order valence-electron chi connectivity index (χ2n) is 6.90. The van der Waals surface area contributed by atoms with Crippen LogP contribution in [0.5, 0.6) is 0 Å². The van der Waals surface area contributed by atoms with Crippen molar-refractivity contribution in [2.45, 2.75) is 26.3 Å². The van der Waals surface area contributed by atoms with Crippen molar-refractivity contribution in [2.75, 3.05) is 13.1 Å². The Labute approximate surface area is 184 Å². The first kappa shape index (κ1) is 20.6. The number of benzene rings is 2. The van der Waals surface area contributed by atoms with E-state index in [1.807, 2.05) is 28.8 Å². The molecule has 8 heteroatoms. The minimum atomic E-state index is -0.273. The van der Waals surface area contributed by atoms with E-state index in [9.17, 15) is 9.59 Å². The topological polar surface area (TPSA) is 58.4 Å². The fraction of sp³-hybridized carbons (Fsp3) is 0.273. The number of carbonyl (C=O) groups is 2. The molecule has 1 aliphatic rings. The quantitative estimate of drug-likeness (QED) is 0.426. The van der Waals surface area contributed by atoms with Gasteiger partial charge in [-0.15, -0.1) is 0 Å². The van der Waals surface area contributed by atoms with E-state index in [-0.39, 0.29) is 18.5 Å². The SMILES string of the molecule is CCN(CC)C(=S)SCc1nc2ccccc2n1CN1C(=O)c2ccccc2C1=O. The number of nitrogens with zero attached hydrogens (tertiary/aromatic N) is 4. The molecule has 2 amide bonds. The molecule has 0 aliphatic carbocycles. The van der Waals surface area contributed by atoms with E-state index in [1.54, 1.807) is 36.0 Å². The number of carbonyl (C=O) groups excluding carboxylic acids is 2. The summed E-state index contributed by atoms with van der Waals surface area (Å²) in [6.45, 7) is 5.99. The van der Waals surface area contributed by atoms with Gasteiger partial charge in [0.1, 0.15) is 16.8 Å². The zero-order valence-corrected chi connectivity index (χ0v) is 18.5. The fourth-order valence-corrected chi connectivity index (χ4v) is 4.95. The van der Waals surface area contributed by atoms with Crippen molar-refractivity contribution in [1.29, 1.82) is 0 Å². The summed E-state index contributed by atoms with van der Waals surface area (Å²) < 4.78 is 2.76. The predicted octanol–water partition coefficient (Wildman–Crippen LogP) is 4.15. The average Bonchev–Trinajstić information content (AvgIpc) is 3.24. The molecule has 3 aromatic rings. The molecule has 0 bridgehead atoms. The lowest BCUT2D eigenvalue weighted by Gasteiger charge is -2.21. The molecule has 0 N–H and O–H groups in total. The minimum absolute atomic E-state index is 0.126. The number of hydrogen-bond donors (Lipinski definition) is 0. The average molecular weight is 439 g/mol. The third-order valence-electron chi connectivity index (χ3n) is 5.24. The molecule has 0 fully saturated rings. The summed E-state index contributed by atoms with van der Waals surface area (Å²) in [5.41, 5.74) is 2.62. The van der Waals surface area contributed by atoms with Gasteiger partial charge in [-0.3, -0.25) is 14.5 Å². The largest absolute Gasteiger partial charge is 0.358 e. The van der Waals surface area contributed by atoms with Crippen molar-refractivity contribution in [2.24, 2.45) is 0 Å². The summed E-state index contributed by atoms with van der Waals surface area (Å²) in [5.74, 6) is 0.802. The third-order valence-corrected chi connectivity index (χ3v) is 6.76. The van der Waals surface area contributed by atoms with Gasteiger partial charge in [0.15, 0.2) is 0 Å². The van der Waals surface area contributed by atoms with Crippen LogP contribution in [-0.2, 0) is 12.4 Å². The van der Waals surface area contributed by atoms with E-state index in [0.29, 0.717) is 16.9 Å². The van der Waals surface area contributed by atoms with Crippen LogP contribution in [0.2, 0.25) is 0 Å². The van der Waals surface area contributed by atoms with Gasteiger partial charge in [0.05, 0.1) is 27.9 Å². The summed E-state index contributed by atoms with van der Waals surface area (Å²) in [4.78, 5) is 33.9. The molecular formula is C22H22N4O2S2. The van der Waals surface area contributed by atoms with Crippen LogP contribution in [0.3, 0.4) is 0 Å². The van der Waals surface area contributed by atoms with Crippen LogP contribution in [0.25, 0.3) is 11.0 Å². The van der Waals surface area contributed by atoms with Crippen molar-refractivity contribution in [1.82, 2.24) is 19.4 Å². The molecule has 1 aliphatic heterocycles. The van der Waals surface area contributed by atoms with Crippen molar-refractivity contribution < 1.29 is 9.59 Å². The van der Waals surface area contributed by atoms with E-state index in [0.717, 1.165) is 34.3 Å². The summed E-state index contributed by atoms with van der Waals surface area (Å²) in [6, 6.07) is 14.7. The van der Waals surface area contributed by atoms with E-state index in [4.69, 9.17) is 17.2 Å². The van der Waals surface area contributed by atoms with Gasteiger partial charge in [-0.05, 0) is 38.1 Å². The smallest absolute Gasteiger partial charge is 0.263 e. The Bertz CT molecular complexity index is 1100. The summed E-state index contributed by atoms with van der Waals surface area (Å²) in [6.07, 6.45) is 0. The van der Waals surface area contributed by atoms with E-state index < -0.39 is 0 Å². The Morgan fingerprint density at radius 1 is 1.00 bits per heavy atom. The first-order chi connectivity index (χ1) is 14.5. The van der Waals surface area contributed by atoms with Gasteiger partial charge in [-0.2, -0.15) is 0 Å². The number of para-hydroxylation sites is 2. The first-order valence-electron chi connectivity index (χ1n) is 9.86. The molecule has 0 unspecified atom stereocenters. The fourth-order valence-electron chi connectivity index (χ4n) is 3.60. The number of fused-ring (bicyclic) bond motifs is 2. The second-order valence-corrected chi connectivity index (χ2v) is 8.51. The van der Waals surface area contributed by atoms with Crippen LogP contribution in [0.1, 0.15) is 40.4 Å². The molecular weight excluding hydrogens is 416 g/mol. The molecule has 30 heavy (non-hydrogen) atoms. The van der Waals surface area contributed by atoms with Crippen LogP contribution in [0.15, 0.2) is 48.5 Å². The summed E-state index contributed by atoms with van der Waals surface area (Å²) >= 11 is 7.11. The third kappa shape index (κ3) is 3.61.